The monoisotopic (exact) mass is 403 g/mol. The van der Waals surface area contributed by atoms with Gasteiger partial charge in [-0.05, 0) is 48.6 Å². The number of likely N-dealkylation sites (N-methyl/N-ethyl adjacent to an activating group) is 1. The summed E-state index contributed by atoms with van der Waals surface area (Å²) in [6.45, 7) is 1.96. The van der Waals surface area contributed by atoms with Crippen LogP contribution >= 0.6 is 0 Å². The number of hydrogen-bond acceptors (Lipinski definition) is 3. The molecule has 3 atom stereocenters. The summed E-state index contributed by atoms with van der Waals surface area (Å²) in [7, 11) is 4.37. The summed E-state index contributed by atoms with van der Waals surface area (Å²) in [6, 6.07) is 17.0. The first kappa shape index (κ1) is 19.2. The van der Waals surface area contributed by atoms with Gasteiger partial charge in [-0.15, -0.1) is 0 Å². The van der Waals surface area contributed by atoms with E-state index in [9.17, 15) is 4.79 Å². The smallest absolute Gasteiger partial charge is 0.407 e. The lowest BCUT2D eigenvalue weighted by atomic mass is 9.72. The molecule has 3 aromatic rings. The SMILES string of the molecule is CN1C[C@H](CNC(=O)OCc2ccccc2)CC2c3cccc4c3c(cn4C)C[C@H]21. The second-order valence-corrected chi connectivity index (χ2v) is 8.87. The quantitative estimate of drug-likeness (QED) is 0.714. The second-order valence-electron chi connectivity index (χ2n) is 8.87. The third kappa shape index (κ3) is 3.47. The van der Waals surface area contributed by atoms with Gasteiger partial charge in [0.25, 0.3) is 0 Å². The van der Waals surface area contributed by atoms with E-state index < -0.39 is 0 Å². The lowest BCUT2D eigenvalue weighted by molar-refractivity contribution is 0.104. The molecule has 2 heterocycles. The molecule has 2 aliphatic rings. The summed E-state index contributed by atoms with van der Waals surface area (Å²) in [5, 5.41) is 4.44. The minimum Gasteiger partial charge on any atom is -0.445 e. The maximum absolute atomic E-state index is 12.2. The van der Waals surface area contributed by atoms with Crippen LogP contribution in [0.3, 0.4) is 0 Å². The standard InChI is InChI=1S/C25H29N3O2/c1-27-14-18(13-26-25(29)30-16-17-7-4-3-5-8-17)11-21-20-9-6-10-22-24(20)19(12-23(21)27)15-28(22)2/h3-10,15,18,21,23H,11-14,16H2,1-2H3,(H,26,29)/t18-,21?,23+/m0/s1. The zero-order valence-corrected chi connectivity index (χ0v) is 17.7. The lowest BCUT2D eigenvalue weighted by Crippen LogP contribution is -2.50. The largest absolute Gasteiger partial charge is 0.445 e. The Bertz CT molecular complexity index is 1060. The molecule has 1 N–H and O–H groups in total. The van der Waals surface area contributed by atoms with Gasteiger partial charge in [-0.3, -0.25) is 0 Å². The molecule has 30 heavy (non-hydrogen) atoms. The second kappa shape index (κ2) is 7.80. The average Bonchev–Trinajstić information content (AvgIpc) is 3.09. The van der Waals surface area contributed by atoms with Gasteiger partial charge in [0.2, 0.25) is 0 Å². The van der Waals surface area contributed by atoms with Crippen LogP contribution in [0.2, 0.25) is 0 Å². The Kier molecular flexibility index (Phi) is 4.99. The van der Waals surface area contributed by atoms with Gasteiger partial charge in [0.05, 0.1) is 0 Å². The fourth-order valence-corrected chi connectivity index (χ4v) is 5.48. The highest BCUT2D eigenvalue weighted by atomic mass is 16.5. The van der Waals surface area contributed by atoms with Crippen molar-refractivity contribution in [1.29, 1.82) is 0 Å². The Morgan fingerprint density at radius 2 is 1.97 bits per heavy atom. The minimum absolute atomic E-state index is 0.306. The zero-order valence-electron chi connectivity index (χ0n) is 17.7. The molecule has 1 amide bonds. The Morgan fingerprint density at radius 3 is 2.80 bits per heavy atom. The number of piperidine rings is 1. The number of aryl methyl sites for hydroxylation is 1. The number of nitrogens with zero attached hydrogens (tertiary/aromatic N) is 2. The number of ether oxygens (including phenoxy) is 1. The highest BCUT2D eigenvalue weighted by molar-refractivity contribution is 5.89. The topological polar surface area (TPSA) is 46.5 Å². The number of alkyl carbamates (subject to hydrolysis) is 1. The molecule has 5 heteroatoms. The predicted molar refractivity (Wildman–Crippen MR) is 119 cm³/mol. The summed E-state index contributed by atoms with van der Waals surface area (Å²) in [6.07, 6.45) is 4.17. The number of likely N-dealkylation sites (tertiary alicyclic amines) is 1. The molecule has 0 spiro atoms. The van der Waals surface area contributed by atoms with Crippen LogP contribution in [0, 0.1) is 5.92 Å². The molecule has 1 fully saturated rings. The van der Waals surface area contributed by atoms with E-state index in [1.165, 1.54) is 22.0 Å². The van der Waals surface area contributed by atoms with Crippen molar-refractivity contribution in [2.75, 3.05) is 20.1 Å². The van der Waals surface area contributed by atoms with Crippen molar-refractivity contribution < 1.29 is 9.53 Å². The number of carbonyl (C=O) groups is 1. The fraction of sp³-hybridized carbons (Fsp3) is 0.400. The highest BCUT2D eigenvalue weighted by Crippen LogP contribution is 2.44. The van der Waals surface area contributed by atoms with Crippen molar-refractivity contribution in [3.8, 4) is 0 Å². The van der Waals surface area contributed by atoms with E-state index in [0.29, 0.717) is 31.0 Å². The number of rotatable bonds is 4. The maximum atomic E-state index is 12.2. The van der Waals surface area contributed by atoms with Gasteiger partial charge >= 0.3 is 6.09 Å². The van der Waals surface area contributed by atoms with Crippen LogP contribution in [0.4, 0.5) is 4.79 Å². The van der Waals surface area contributed by atoms with Crippen molar-refractivity contribution in [3.63, 3.8) is 0 Å². The summed E-state index contributed by atoms with van der Waals surface area (Å²) in [5.74, 6) is 0.926. The normalized spacial score (nSPS) is 23.2. The summed E-state index contributed by atoms with van der Waals surface area (Å²) < 4.78 is 7.64. The van der Waals surface area contributed by atoms with Gasteiger partial charge in [-0.25, -0.2) is 4.79 Å². The van der Waals surface area contributed by atoms with Crippen LogP contribution in [0.15, 0.2) is 54.7 Å². The number of hydrogen-bond donors (Lipinski definition) is 1. The lowest BCUT2D eigenvalue weighted by Gasteiger charge is -2.45. The molecule has 2 aromatic carbocycles. The van der Waals surface area contributed by atoms with E-state index in [-0.39, 0.29) is 6.09 Å². The Balaban J connectivity index is 1.25. The van der Waals surface area contributed by atoms with E-state index in [1.54, 1.807) is 0 Å². The van der Waals surface area contributed by atoms with Crippen LogP contribution < -0.4 is 5.32 Å². The molecule has 1 saturated heterocycles. The number of benzene rings is 2. The molecule has 5 nitrogen and oxygen atoms in total. The van der Waals surface area contributed by atoms with Crippen LogP contribution in [0.25, 0.3) is 10.9 Å². The molecular formula is C25H29N3O2. The van der Waals surface area contributed by atoms with Gasteiger partial charge in [-0.2, -0.15) is 0 Å². The zero-order chi connectivity index (χ0) is 20.7. The molecule has 1 aliphatic heterocycles. The Hall–Kier alpha value is -2.79. The minimum atomic E-state index is -0.334. The van der Waals surface area contributed by atoms with E-state index in [0.717, 1.165) is 24.9 Å². The molecule has 1 aromatic heterocycles. The molecule has 1 unspecified atom stereocenters. The Morgan fingerprint density at radius 1 is 1.13 bits per heavy atom. The first-order valence-electron chi connectivity index (χ1n) is 10.8. The van der Waals surface area contributed by atoms with Gasteiger partial charge in [-0.1, -0.05) is 42.5 Å². The van der Waals surface area contributed by atoms with Crippen molar-refractivity contribution in [3.05, 3.63) is 71.4 Å². The summed E-state index contributed by atoms with van der Waals surface area (Å²) in [4.78, 5) is 14.7. The molecular weight excluding hydrogens is 374 g/mol. The van der Waals surface area contributed by atoms with Gasteiger partial charge < -0.3 is 19.5 Å². The molecule has 0 bridgehead atoms. The van der Waals surface area contributed by atoms with Crippen molar-refractivity contribution >= 4 is 17.0 Å². The van der Waals surface area contributed by atoms with Crippen molar-refractivity contribution in [2.24, 2.45) is 13.0 Å². The number of fused-ring (bicyclic) bond motifs is 2. The number of nitrogens with one attached hydrogen (secondary N) is 1. The average molecular weight is 404 g/mol. The Labute approximate surface area is 177 Å². The van der Waals surface area contributed by atoms with E-state index in [1.807, 2.05) is 30.3 Å². The van der Waals surface area contributed by atoms with Crippen LogP contribution in [0.5, 0.6) is 0 Å². The summed E-state index contributed by atoms with van der Waals surface area (Å²) >= 11 is 0. The molecule has 5 rings (SSSR count). The number of carbonyl (C=O) groups excluding carboxylic acids is 1. The maximum Gasteiger partial charge on any atom is 0.407 e. The summed E-state index contributed by atoms with van der Waals surface area (Å²) in [5.41, 5.74) is 5.27. The van der Waals surface area contributed by atoms with Gasteiger partial charge in [0.1, 0.15) is 6.61 Å². The van der Waals surface area contributed by atoms with Gasteiger partial charge in [0, 0.05) is 49.2 Å². The molecule has 0 saturated carbocycles. The molecule has 1 aliphatic carbocycles. The van der Waals surface area contributed by atoms with Crippen LogP contribution in [-0.4, -0.2) is 41.7 Å². The van der Waals surface area contributed by atoms with Crippen LogP contribution in [0.1, 0.15) is 29.0 Å². The third-order valence-electron chi connectivity index (χ3n) is 6.87. The third-order valence-corrected chi connectivity index (χ3v) is 6.87. The van der Waals surface area contributed by atoms with Gasteiger partial charge in [0.15, 0.2) is 0 Å². The number of amides is 1. The van der Waals surface area contributed by atoms with E-state index in [2.05, 4.69) is 53.3 Å². The van der Waals surface area contributed by atoms with Crippen molar-refractivity contribution in [1.82, 2.24) is 14.8 Å². The predicted octanol–water partition coefficient (Wildman–Crippen LogP) is 4.06. The van der Waals surface area contributed by atoms with E-state index >= 15 is 0 Å². The van der Waals surface area contributed by atoms with Crippen molar-refractivity contribution in [2.45, 2.75) is 31.4 Å². The van der Waals surface area contributed by atoms with Crippen LogP contribution in [-0.2, 0) is 24.8 Å². The molecule has 156 valence electrons. The number of aromatic nitrogens is 1. The van der Waals surface area contributed by atoms with E-state index in [4.69, 9.17) is 4.74 Å². The molecule has 0 radical (unpaired) electrons. The first-order valence-corrected chi connectivity index (χ1v) is 10.8. The highest BCUT2D eigenvalue weighted by Gasteiger charge is 2.39. The fourth-order valence-electron chi connectivity index (χ4n) is 5.48. The first-order chi connectivity index (χ1) is 14.6.